The lowest BCUT2D eigenvalue weighted by atomic mass is 9.97. The predicted octanol–water partition coefficient (Wildman–Crippen LogP) is 7.67. The van der Waals surface area contributed by atoms with Crippen LogP contribution in [0.15, 0.2) is 90.1 Å². The molecule has 0 aliphatic carbocycles. The van der Waals surface area contributed by atoms with E-state index in [-0.39, 0.29) is 11.7 Å². The second-order valence-corrected chi connectivity index (χ2v) is 9.64. The first kappa shape index (κ1) is 23.4. The van der Waals surface area contributed by atoms with E-state index in [0.29, 0.717) is 10.8 Å². The van der Waals surface area contributed by atoms with E-state index in [1.807, 2.05) is 36.4 Å². The molecule has 0 spiro atoms. The van der Waals surface area contributed by atoms with Crippen molar-refractivity contribution in [2.75, 3.05) is 7.11 Å². The summed E-state index contributed by atoms with van der Waals surface area (Å²) in [5, 5.41) is 12.8. The van der Waals surface area contributed by atoms with Gasteiger partial charge in [0.05, 0.1) is 7.11 Å². The monoisotopic (exact) mass is 503 g/mol. The summed E-state index contributed by atoms with van der Waals surface area (Å²) < 4.78 is 20.7. The molecule has 1 heterocycles. The van der Waals surface area contributed by atoms with Gasteiger partial charge in [0.1, 0.15) is 17.4 Å². The second kappa shape index (κ2) is 10.1. The number of hydrogen-bond acceptors (Lipinski definition) is 4. The van der Waals surface area contributed by atoms with E-state index in [2.05, 4.69) is 46.0 Å². The zero-order valence-corrected chi connectivity index (χ0v) is 20.9. The van der Waals surface area contributed by atoms with Gasteiger partial charge in [-0.05, 0) is 70.4 Å². The first-order chi connectivity index (χ1) is 17.0. The van der Waals surface area contributed by atoms with Gasteiger partial charge in [0.25, 0.3) is 0 Å². The summed E-state index contributed by atoms with van der Waals surface area (Å²) in [5.41, 5.74) is 3.09. The largest absolute Gasteiger partial charge is 0.497 e. The van der Waals surface area contributed by atoms with Crippen molar-refractivity contribution in [2.24, 2.45) is 0 Å². The molecule has 0 saturated heterocycles. The van der Waals surface area contributed by atoms with Gasteiger partial charge in [-0.3, -0.25) is 4.57 Å². The van der Waals surface area contributed by atoms with E-state index in [4.69, 9.17) is 16.3 Å². The van der Waals surface area contributed by atoms with Crippen LogP contribution in [0.2, 0.25) is 5.02 Å². The molecule has 1 atom stereocenters. The third-order valence-corrected chi connectivity index (χ3v) is 7.24. The van der Waals surface area contributed by atoms with E-state index in [1.165, 1.54) is 12.1 Å². The first-order valence-electron chi connectivity index (χ1n) is 11.2. The summed E-state index contributed by atoms with van der Waals surface area (Å²) >= 11 is 7.72. The lowest BCUT2D eigenvalue weighted by Gasteiger charge is -2.16. The van der Waals surface area contributed by atoms with Crippen LogP contribution in [0, 0.1) is 5.82 Å². The predicted molar refractivity (Wildman–Crippen MR) is 140 cm³/mol. The summed E-state index contributed by atoms with van der Waals surface area (Å²) in [7, 11) is 1.67. The Morgan fingerprint density at radius 1 is 0.914 bits per heavy atom. The standard InChI is InChI=1S/C28H23ClFN3OS/c1-18(20-5-6-22-16-26(34-2)14-7-21(22)15-20)27-31-32-28(33(27)25-12-8-23(29)9-13-25)35-17-19-3-10-24(30)11-4-19/h3-16,18H,17H2,1-2H3/t18-/m0/s1. The Morgan fingerprint density at radius 2 is 1.63 bits per heavy atom. The van der Waals surface area contributed by atoms with Gasteiger partial charge in [0.2, 0.25) is 0 Å². The number of ether oxygens (including phenoxy) is 1. The first-order valence-corrected chi connectivity index (χ1v) is 12.5. The van der Waals surface area contributed by atoms with Gasteiger partial charge in [0, 0.05) is 22.4 Å². The third kappa shape index (κ3) is 5.04. The number of fused-ring (bicyclic) bond motifs is 1. The van der Waals surface area contributed by atoms with Crippen LogP contribution in [-0.2, 0) is 5.75 Å². The van der Waals surface area contributed by atoms with E-state index in [9.17, 15) is 4.39 Å². The fourth-order valence-corrected chi connectivity index (χ4v) is 5.04. The van der Waals surface area contributed by atoms with Gasteiger partial charge in [-0.1, -0.05) is 66.7 Å². The third-order valence-electron chi connectivity index (χ3n) is 5.98. The molecule has 5 aromatic rings. The van der Waals surface area contributed by atoms with Crippen molar-refractivity contribution >= 4 is 34.1 Å². The van der Waals surface area contributed by atoms with E-state index < -0.39 is 0 Å². The molecule has 0 amide bonds. The summed E-state index contributed by atoms with van der Waals surface area (Å²) in [4.78, 5) is 0. The minimum Gasteiger partial charge on any atom is -0.497 e. The Labute approximate surface area is 212 Å². The Morgan fingerprint density at radius 3 is 2.37 bits per heavy atom. The average Bonchev–Trinajstić information content (AvgIpc) is 3.31. The summed E-state index contributed by atoms with van der Waals surface area (Å²) in [6, 6.07) is 26.7. The number of benzene rings is 4. The molecule has 0 bridgehead atoms. The summed E-state index contributed by atoms with van der Waals surface area (Å²) in [5.74, 6) is 2.07. The molecule has 4 aromatic carbocycles. The second-order valence-electron chi connectivity index (χ2n) is 8.26. The minimum atomic E-state index is -0.243. The Balaban J connectivity index is 1.51. The van der Waals surface area contributed by atoms with Crippen LogP contribution in [-0.4, -0.2) is 21.9 Å². The maximum absolute atomic E-state index is 13.3. The van der Waals surface area contributed by atoms with Gasteiger partial charge in [-0.15, -0.1) is 10.2 Å². The van der Waals surface area contributed by atoms with Crippen LogP contribution in [0.25, 0.3) is 16.5 Å². The van der Waals surface area contributed by atoms with Gasteiger partial charge in [-0.2, -0.15) is 0 Å². The molecule has 5 rings (SSSR count). The molecular weight excluding hydrogens is 481 g/mol. The van der Waals surface area contributed by atoms with Crippen LogP contribution < -0.4 is 4.74 Å². The average molecular weight is 504 g/mol. The molecule has 0 radical (unpaired) electrons. The zero-order chi connectivity index (χ0) is 24.4. The lowest BCUT2D eigenvalue weighted by molar-refractivity contribution is 0.415. The van der Waals surface area contributed by atoms with Gasteiger partial charge in [-0.25, -0.2) is 4.39 Å². The minimum absolute atomic E-state index is 0.00940. The van der Waals surface area contributed by atoms with Gasteiger partial charge < -0.3 is 4.74 Å². The van der Waals surface area contributed by atoms with Gasteiger partial charge >= 0.3 is 0 Å². The number of methoxy groups -OCH3 is 1. The van der Waals surface area contributed by atoms with Gasteiger partial charge in [0.15, 0.2) is 5.16 Å². The molecule has 0 saturated carbocycles. The Hall–Kier alpha value is -3.35. The fourth-order valence-electron chi connectivity index (χ4n) is 4.00. The van der Waals surface area contributed by atoms with Crippen LogP contribution in [0.3, 0.4) is 0 Å². The number of thioether (sulfide) groups is 1. The number of rotatable bonds is 7. The quantitative estimate of drug-likeness (QED) is 0.214. The van der Waals surface area contributed by atoms with Crippen molar-refractivity contribution in [3.05, 3.63) is 113 Å². The van der Waals surface area contributed by atoms with E-state index in [0.717, 1.165) is 44.3 Å². The molecule has 4 nitrogen and oxygen atoms in total. The fraction of sp³-hybridized carbons (Fsp3) is 0.143. The number of hydrogen-bond donors (Lipinski definition) is 0. The normalized spacial score (nSPS) is 12.1. The molecule has 0 aliphatic rings. The highest BCUT2D eigenvalue weighted by Gasteiger charge is 2.21. The van der Waals surface area contributed by atoms with Crippen LogP contribution in [0.4, 0.5) is 4.39 Å². The van der Waals surface area contributed by atoms with Crippen molar-refractivity contribution in [3.63, 3.8) is 0 Å². The molecule has 1 aromatic heterocycles. The maximum atomic E-state index is 13.3. The summed E-state index contributed by atoms with van der Waals surface area (Å²) in [6.07, 6.45) is 0. The molecule has 0 unspecified atom stereocenters. The molecule has 7 heteroatoms. The van der Waals surface area contributed by atoms with Crippen molar-refractivity contribution in [1.82, 2.24) is 14.8 Å². The van der Waals surface area contributed by atoms with E-state index in [1.54, 1.807) is 31.0 Å². The highest BCUT2D eigenvalue weighted by Crippen LogP contribution is 2.33. The van der Waals surface area contributed by atoms with Crippen molar-refractivity contribution < 1.29 is 9.13 Å². The Bertz CT molecular complexity index is 1470. The molecule has 176 valence electrons. The number of aromatic nitrogens is 3. The van der Waals surface area contributed by atoms with Crippen LogP contribution in [0.5, 0.6) is 5.75 Å². The zero-order valence-electron chi connectivity index (χ0n) is 19.3. The number of halogens is 2. The summed E-state index contributed by atoms with van der Waals surface area (Å²) in [6.45, 7) is 2.13. The molecule has 35 heavy (non-hydrogen) atoms. The van der Waals surface area contributed by atoms with Crippen molar-refractivity contribution in [2.45, 2.75) is 23.8 Å². The number of nitrogens with zero attached hydrogens (tertiary/aromatic N) is 3. The smallest absolute Gasteiger partial charge is 0.196 e. The SMILES string of the molecule is COc1ccc2cc([C@H](C)c3nnc(SCc4ccc(F)cc4)n3-c3ccc(Cl)cc3)ccc2c1. The van der Waals surface area contributed by atoms with Crippen molar-refractivity contribution in [1.29, 1.82) is 0 Å². The molecule has 0 N–H and O–H groups in total. The Kier molecular flexibility index (Phi) is 6.75. The van der Waals surface area contributed by atoms with Crippen LogP contribution in [0.1, 0.15) is 29.8 Å². The molecule has 0 aliphatic heterocycles. The highest BCUT2D eigenvalue weighted by atomic mass is 35.5. The highest BCUT2D eigenvalue weighted by molar-refractivity contribution is 7.98. The van der Waals surface area contributed by atoms with Crippen LogP contribution >= 0.6 is 23.4 Å². The molecule has 0 fully saturated rings. The molecular formula is C28H23ClFN3OS. The van der Waals surface area contributed by atoms with E-state index >= 15 is 0 Å². The maximum Gasteiger partial charge on any atom is 0.196 e. The topological polar surface area (TPSA) is 39.9 Å². The lowest BCUT2D eigenvalue weighted by Crippen LogP contribution is -2.08. The van der Waals surface area contributed by atoms with Crippen molar-refractivity contribution in [3.8, 4) is 11.4 Å².